The van der Waals surface area contributed by atoms with Crippen LogP contribution in [0.5, 0.6) is 0 Å². The first-order valence-corrected chi connectivity index (χ1v) is 8.46. The van der Waals surface area contributed by atoms with Gasteiger partial charge in [-0.05, 0) is 56.2 Å². The maximum Gasteiger partial charge on any atom is 0.220 e. The fraction of sp³-hybridized carbons (Fsp3) is 0.588. The van der Waals surface area contributed by atoms with E-state index in [-0.39, 0.29) is 11.9 Å². The molecular weight excluding hydrogens is 314 g/mol. The van der Waals surface area contributed by atoms with Crippen LogP contribution in [0.1, 0.15) is 51.0 Å². The molecular formula is C17H24BrNO. The van der Waals surface area contributed by atoms with Crippen LogP contribution in [-0.2, 0) is 11.2 Å². The van der Waals surface area contributed by atoms with Crippen molar-refractivity contribution in [1.82, 2.24) is 5.32 Å². The lowest BCUT2D eigenvalue weighted by molar-refractivity contribution is -0.122. The number of amides is 1. The van der Waals surface area contributed by atoms with Gasteiger partial charge < -0.3 is 5.32 Å². The van der Waals surface area contributed by atoms with Gasteiger partial charge in [0.25, 0.3) is 0 Å². The summed E-state index contributed by atoms with van der Waals surface area (Å²) in [5.74, 6) is 0.869. The molecule has 0 heterocycles. The van der Waals surface area contributed by atoms with Gasteiger partial charge >= 0.3 is 0 Å². The van der Waals surface area contributed by atoms with E-state index in [1.165, 1.54) is 31.2 Å². The third-order valence-corrected chi connectivity index (χ3v) is 4.66. The minimum atomic E-state index is 0.236. The van der Waals surface area contributed by atoms with E-state index < -0.39 is 0 Å². The smallest absolute Gasteiger partial charge is 0.220 e. The Bertz CT molecular complexity index is 423. The zero-order chi connectivity index (χ0) is 14.4. The molecule has 0 spiro atoms. The Morgan fingerprint density at radius 3 is 2.60 bits per heavy atom. The molecule has 0 aromatic heterocycles. The molecule has 1 aromatic rings. The molecule has 2 nitrogen and oxygen atoms in total. The van der Waals surface area contributed by atoms with Gasteiger partial charge in [-0.15, -0.1) is 0 Å². The second kappa shape index (κ2) is 7.82. The monoisotopic (exact) mass is 337 g/mol. The molecule has 1 aromatic carbocycles. The van der Waals surface area contributed by atoms with Crippen LogP contribution in [0, 0.1) is 5.92 Å². The van der Waals surface area contributed by atoms with Crippen molar-refractivity contribution in [3.63, 3.8) is 0 Å². The Labute approximate surface area is 130 Å². The molecule has 0 bridgehead atoms. The normalized spacial score (nSPS) is 17.1. The van der Waals surface area contributed by atoms with Crippen LogP contribution in [0.25, 0.3) is 0 Å². The van der Waals surface area contributed by atoms with E-state index in [4.69, 9.17) is 0 Å². The summed E-state index contributed by atoms with van der Waals surface area (Å²) in [7, 11) is 0. The van der Waals surface area contributed by atoms with Crippen molar-refractivity contribution >= 4 is 21.8 Å². The summed E-state index contributed by atoms with van der Waals surface area (Å²) in [5.41, 5.74) is 1.32. The van der Waals surface area contributed by atoms with Crippen LogP contribution in [0.4, 0.5) is 0 Å². The number of nitrogens with one attached hydrogen (secondary N) is 1. The Morgan fingerprint density at radius 2 is 1.95 bits per heavy atom. The maximum atomic E-state index is 11.9. The van der Waals surface area contributed by atoms with E-state index in [1.54, 1.807) is 0 Å². The van der Waals surface area contributed by atoms with Gasteiger partial charge in [-0.1, -0.05) is 40.9 Å². The van der Waals surface area contributed by atoms with Crippen LogP contribution in [0.15, 0.2) is 28.7 Å². The van der Waals surface area contributed by atoms with Crippen molar-refractivity contribution in [3.05, 3.63) is 34.3 Å². The van der Waals surface area contributed by atoms with E-state index in [2.05, 4.69) is 52.4 Å². The number of carbonyl (C=O) groups excluding carboxylic acids is 1. The first-order chi connectivity index (χ1) is 9.63. The van der Waals surface area contributed by atoms with Gasteiger partial charge in [-0.2, -0.15) is 0 Å². The molecule has 1 saturated carbocycles. The van der Waals surface area contributed by atoms with E-state index in [9.17, 15) is 4.79 Å². The number of rotatable bonds is 6. The highest BCUT2D eigenvalue weighted by atomic mass is 79.9. The number of hydrogen-bond donors (Lipinski definition) is 1. The third kappa shape index (κ3) is 5.28. The largest absolute Gasteiger partial charge is 0.354 e. The average Bonchev–Trinajstić information content (AvgIpc) is 2.90. The maximum absolute atomic E-state index is 11.9. The fourth-order valence-electron chi connectivity index (χ4n) is 2.92. The second-order valence-corrected chi connectivity index (χ2v) is 6.90. The number of hydrogen-bond acceptors (Lipinski definition) is 1. The van der Waals surface area contributed by atoms with E-state index in [0.29, 0.717) is 5.92 Å². The molecule has 1 atom stereocenters. The second-order valence-electron chi connectivity index (χ2n) is 5.99. The Hall–Kier alpha value is -0.830. The van der Waals surface area contributed by atoms with Crippen molar-refractivity contribution in [1.29, 1.82) is 0 Å². The van der Waals surface area contributed by atoms with Crippen molar-refractivity contribution < 1.29 is 4.79 Å². The van der Waals surface area contributed by atoms with Crippen molar-refractivity contribution in [2.24, 2.45) is 5.92 Å². The molecule has 110 valence electrons. The highest BCUT2D eigenvalue weighted by molar-refractivity contribution is 9.10. The summed E-state index contributed by atoms with van der Waals surface area (Å²) in [4.78, 5) is 11.9. The molecule has 1 aliphatic carbocycles. The molecule has 0 aliphatic heterocycles. The van der Waals surface area contributed by atoms with Gasteiger partial charge in [-0.3, -0.25) is 4.79 Å². The molecule has 1 aliphatic rings. The number of benzene rings is 1. The number of aryl methyl sites for hydroxylation is 1. The Kier molecular flexibility index (Phi) is 6.08. The Balaban J connectivity index is 1.67. The first kappa shape index (κ1) is 15.6. The molecule has 2 rings (SSSR count). The lowest BCUT2D eigenvalue weighted by atomic mass is 10.0. The van der Waals surface area contributed by atoms with Crippen molar-refractivity contribution in [2.45, 2.75) is 57.9 Å². The van der Waals surface area contributed by atoms with E-state index in [1.807, 2.05) is 0 Å². The Morgan fingerprint density at radius 1 is 1.30 bits per heavy atom. The molecule has 1 amide bonds. The standard InChI is InChI=1S/C17H24BrNO/c1-13(6-7-14-8-10-16(18)11-9-14)19-17(20)12-15-4-2-3-5-15/h8-11,13,15H,2-7,12H2,1H3,(H,19,20). The van der Waals surface area contributed by atoms with E-state index >= 15 is 0 Å². The third-order valence-electron chi connectivity index (χ3n) is 4.14. The average molecular weight is 338 g/mol. The van der Waals surface area contributed by atoms with Crippen LogP contribution >= 0.6 is 15.9 Å². The van der Waals surface area contributed by atoms with Gasteiger partial charge in [-0.25, -0.2) is 0 Å². The van der Waals surface area contributed by atoms with Gasteiger partial charge in [0.2, 0.25) is 5.91 Å². The molecule has 0 radical (unpaired) electrons. The molecule has 1 fully saturated rings. The van der Waals surface area contributed by atoms with Crippen molar-refractivity contribution in [3.8, 4) is 0 Å². The molecule has 1 N–H and O–H groups in total. The predicted molar refractivity (Wildman–Crippen MR) is 86.6 cm³/mol. The highest BCUT2D eigenvalue weighted by Crippen LogP contribution is 2.27. The van der Waals surface area contributed by atoms with Crippen LogP contribution < -0.4 is 5.32 Å². The topological polar surface area (TPSA) is 29.1 Å². The van der Waals surface area contributed by atoms with Gasteiger partial charge in [0.05, 0.1) is 0 Å². The summed E-state index contributed by atoms with van der Waals surface area (Å²) < 4.78 is 1.11. The number of halogens is 1. The lowest BCUT2D eigenvalue weighted by Crippen LogP contribution is -2.33. The summed E-state index contributed by atoms with van der Waals surface area (Å²) in [6.07, 6.45) is 7.81. The predicted octanol–water partition coefficient (Wildman–Crippen LogP) is 4.47. The quantitative estimate of drug-likeness (QED) is 0.815. The van der Waals surface area contributed by atoms with Gasteiger partial charge in [0.15, 0.2) is 0 Å². The molecule has 1 unspecified atom stereocenters. The van der Waals surface area contributed by atoms with Crippen LogP contribution in [-0.4, -0.2) is 11.9 Å². The highest BCUT2D eigenvalue weighted by Gasteiger charge is 2.19. The summed E-state index contributed by atoms with van der Waals surface area (Å²) in [6, 6.07) is 8.67. The molecule has 3 heteroatoms. The van der Waals surface area contributed by atoms with Gasteiger partial charge in [0, 0.05) is 16.9 Å². The zero-order valence-corrected chi connectivity index (χ0v) is 13.8. The SMILES string of the molecule is CC(CCc1ccc(Br)cc1)NC(=O)CC1CCCC1. The van der Waals surface area contributed by atoms with Crippen LogP contribution in [0.3, 0.4) is 0 Å². The summed E-state index contributed by atoms with van der Waals surface area (Å²) >= 11 is 3.44. The fourth-order valence-corrected chi connectivity index (χ4v) is 3.18. The lowest BCUT2D eigenvalue weighted by Gasteiger charge is -2.15. The molecule has 20 heavy (non-hydrogen) atoms. The first-order valence-electron chi connectivity index (χ1n) is 7.67. The number of carbonyl (C=O) groups is 1. The molecule has 0 saturated heterocycles. The van der Waals surface area contributed by atoms with Crippen molar-refractivity contribution in [2.75, 3.05) is 0 Å². The van der Waals surface area contributed by atoms with Gasteiger partial charge in [0.1, 0.15) is 0 Å². The minimum Gasteiger partial charge on any atom is -0.354 e. The van der Waals surface area contributed by atoms with E-state index in [0.717, 1.165) is 23.7 Å². The zero-order valence-electron chi connectivity index (χ0n) is 12.2. The summed E-state index contributed by atoms with van der Waals surface area (Å²) in [6.45, 7) is 2.10. The van der Waals surface area contributed by atoms with Crippen LogP contribution in [0.2, 0.25) is 0 Å². The minimum absolute atomic E-state index is 0.236. The summed E-state index contributed by atoms with van der Waals surface area (Å²) in [5, 5.41) is 3.14.